The third-order valence-corrected chi connectivity index (χ3v) is 8.11. The lowest BCUT2D eigenvalue weighted by molar-refractivity contribution is -0.133. The van der Waals surface area contributed by atoms with Crippen LogP contribution in [-0.4, -0.2) is 56.8 Å². The lowest BCUT2D eigenvalue weighted by atomic mass is 10.1. The molecule has 0 spiro atoms. The highest BCUT2D eigenvalue weighted by atomic mass is 79.9. The molecular formula is C22H24BrN5O3S. The number of rotatable bonds is 6. The molecule has 32 heavy (non-hydrogen) atoms. The van der Waals surface area contributed by atoms with Gasteiger partial charge in [-0.1, -0.05) is 11.8 Å². The van der Waals surface area contributed by atoms with Crippen molar-refractivity contribution in [3.8, 4) is 5.75 Å². The average Bonchev–Trinajstić information content (AvgIpc) is 3.51. The Bertz CT molecular complexity index is 1180. The van der Waals surface area contributed by atoms with Gasteiger partial charge in [-0.05, 0) is 58.5 Å². The van der Waals surface area contributed by atoms with Crippen LogP contribution in [0.5, 0.6) is 5.75 Å². The molecule has 0 radical (unpaired) electrons. The van der Waals surface area contributed by atoms with Gasteiger partial charge in [0.2, 0.25) is 5.91 Å². The smallest absolute Gasteiger partial charge is 0.248 e. The number of carbonyl (C=O) groups is 1. The van der Waals surface area contributed by atoms with E-state index in [2.05, 4.69) is 37.6 Å². The van der Waals surface area contributed by atoms with Crippen LogP contribution in [0.25, 0.3) is 11.0 Å². The summed E-state index contributed by atoms with van der Waals surface area (Å²) in [5, 5.41) is 9.97. The Labute approximate surface area is 198 Å². The second kappa shape index (κ2) is 8.92. The van der Waals surface area contributed by atoms with Crippen LogP contribution in [-0.2, 0) is 17.8 Å². The molecule has 1 amide bonds. The zero-order chi connectivity index (χ0) is 22.2. The average molecular weight is 518 g/mol. The predicted octanol–water partition coefficient (Wildman–Crippen LogP) is 3.09. The molecule has 3 N–H and O–H groups in total. The van der Waals surface area contributed by atoms with E-state index in [0.29, 0.717) is 36.9 Å². The number of aliphatic hydroxyl groups excluding tert-OH is 1. The van der Waals surface area contributed by atoms with E-state index in [-0.39, 0.29) is 5.91 Å². The molecule has 2 aliphatic rings. The third kappa shape index (κ3) is 4.06. The number of carbonyl (C=O) groups excluding carboxylic acids is 1. The second-order valence-electron chi connectivity index (χ2n) is 8.14. The van der Waals surface area contributed by atoms with E-state index in [9.17, 15) is 4.79 Å². The SMILES string of the molecule is Nc1nccc2c1nc(Sc1cc3c(cc1Br)CCO3)n2CCC1CCN(C(=O)CO)C1. The first-order valence-electron chi connectivity index (χ1n) is 10.7. The maximum absolute atomic E-state index is 11.8. The maximum Gasteiger partial charge on any atom is 0.248 e. The van der Waals surface area contributed by atoms with Crippen molar-refractivity contribution in [3.05, 3.63) is 34.4 Å². The van der Waals surface area contributed by atoms with Gasteiger partial charge in [-0.3, -0.25) is 4.79 Å². The molecule has 1 unspecified atom stereocenters. The summed E-state index contributed by atoms with van der Waals surface area (Å²) in [4.78, 5) is 23.6. The van der Waals surface area contributed by atoms with Gasteiger partial charge in [0.1, 0.15) is 17.9 Å². The largest absolute Gasteiger partial charge is 0.493 e. The lowest BCUT2D eigenvalue weighted by Gasteiger charge is -2.16. The molecule has 168 valence electrons. The number of aryl methyl sites for hydroxylation is 1. The monoisotopic (exact) mass is 517 g/mol. The van der Waals surface area contributed by atoms with E-state index in [0.717, 1.165) is 51.6 Å². The minimum atomic E-state index is -0.425. The Morgan fingerprint density at radius 2 is 2.28 bits per heavy atom. The summed E-state index contributed by atoms with van der Waals surface area (Å²) < 4.78 is 8.96. The Balaban J connectivity index is 1.42. The number of ether oxygens (including phenoxy) is 1. The van der Waals surface area contributed by atoms with Crippen LogP contribution in [0.2, 0.25) is 0 Å². The fourth-order valence-corrected chi connectivity index (χ4v) is 5.99. The van der Waals surface area contributed by atoms with Crippen molar-refractivity contribution < 1.29 is 14.6 Å². The highest BCUT2D eigenvalue weighted by Gasteiger charge is 2.26. The van der Waals surface area contributed by atoms with Gasteiger partial charge in [0.15, 0.2) is 11.0 Å². The molecular weight excluding hydrogens is 494 g/mol. The fraction of sp³-hybridized carbons (Fsp3) is 0.409. The number of hydrogen-bond acceptors (Lipinski definition) is 7. The summed E-state index contributed by atoms with van der Waals surface area (Å²) in [6, 6.07) is 6.14. The van der Waals surface area contributed by atoms with Gasteiger partial charge >= 0.3 is 0 Å². The van der Waals surface area contributed by atoms with Crippen LogP contribution in [0.4, 0.5) is 5.82 Å². The summed E-state index contributed by atoms with van der Waals surface area (Å²) in [5.74, 6) is 1.54. The lowest BCUT2D eigenvalue weighted by Crippen LogP contribution is -2.31. The van der Waals surface area contributed by atoms with Crippen molar-refractivity contribution in [2.24, 2.45) is 5.92 Å². The number of nitrogens with zero attached hydrogens (tertiary/aromatic N) is 4. The minimum absolute atomic E-state index is 0.195. The molecule has 5 rings (SSSR count). The third-order valence-electron chi connectivity index (χ3n) is 6.14. The highest BCUT2D eigenvalue weighted by molar-refractivity contribution is 9.10. The first-order chi connectivity index (χ1) is 15.5. The van der Waals surface area contributed by atoms with E-state index < -0.39 is 6.61 Å². The van der Waals surface area contributed by atoms with Gasteiger partial charge in [-0.2, -0.15) is 0 Å². The van der Waals surface area contributed by atoms with Gasteiger partial charge in [0, 0.05) is 41.6 Å². The molecule has 0 bridgehead atoms. The first-order valence-corrected chi connectivity index (χ1v) is 12.3. The standard InChI is InChI=1S/C22H24BrN5O3S/c23-15-9-14-4-8-31-17(14)10-18(15)32-22-26-20-16(1-5-25-21(20)24)28(22)7-3-13-2-6-27(11-13)19(30)12-29/h1,5,9-10,13,29H,2-4,6-8,11-12H2,(H2,24,25). The molecule has 2 aliphatic heterocycles. The van der Waals surface area contributed by atoms with Crippen LogP contribution < -0.4 is 10.5 Å². The van der Waals surface area contributed by atoms with Crippen LogP contribution in [0, 0.1) is 5.92 Å². The first kappa shape index (κ1) is 21.5. The predicted molar refractivity (Wildman–Crippen MR) is 126 cm³/mol. The second-order valence-corrected chi connectivity index (χ2v) is 10.0. The number of aromatic nitrogens is 3. The molecule has 1 atom stereocenters. The van der Waals surface area contributed by atoms with Crippen molar-refractivity contribution >= 4 is 50.5 Å². The van der Waals surface area contributed by atoms with E-state index in [4.69, 9.17) is 20.6 Å². The number of anilines is 1. The van der Waals surface area contributed by atoms with Crippen molar-refractivity contribution in [1.82, 2.24) is 19.4 Å². The normalized spacial score (nSPS) is 17.7. The van der Waals surface area contributed by atoms with Crippen LogP contribution in [0.1, 0.15) is 18.4 Å². The van der Waals surface area contributed by atoms with E-state index in [1.165, 1.54) is 5.56 Å². The fourth-order valence-electron chi connectivity index (χ4n) is 4.40. The number of aliphatic hydroxyl groups is 1. The van der Waals surface area contributed by atoms with Gasteiger partial charge in [-0.25, -0.2) is 9.97 Å². The quantitative estimate of drug-likeness (QED) is 0.517. The maximum atomic E-state index is 11.8. The number of hydrogen-bond donors (Lipinski definition) is 2. The Morgan fingerprint density at radius 3 is 3.12 bits per heavy atom. The zero-order valence-electron chi connectivity index (χ0n) is 17.5. The molecule has 0 saturated carbocycles. The van der Waals surface area contributed by atoms with E-state index >= 15 is 0 Å². The van der Waals surface area contributed by atoms with Crippen LogP contribution in [0.15, 0.2) is 38.9 Å². The highest BCUT2D eigenvalue weighted by Crippen LogP contribution is 2.40. The van der Waals surface area contributed by atoms with E-state index in [1.54, 1.807) is 22.9 Å². The summed E-state index contributed by atoms with van der Waals surface area (Å²) in [6.45, 7) is 2.44. The van der Waals surface area contributed by atoms with Crippen LogP contribution >= 0.6 is 27.7 Å². The van der Waals surface area contributed by atoms with Crippen molar-refractivity contribution in [2.75, 3.05) is 32.0 Å². The van der Waals surface area contributed by atoms with Crippen molar-refractivity contribution in [3.63, 3.8) is 0 Å². The molecule has 0 aliphatic carbocycles. The zero-order valence-corrected chi connectivity index (χ0v) is 19.9. The molecule has 10 heteroatoms. The van der Waals surface area contributed by atoms with Crippen LogP contribution in [0.3, 0.4) is 0 Å². The van der Waals surface area contributed by atoms with Crippen molar-refractivity contribution in [1.29, 1.82) is 0 Å². The Morgan fingerprint density at radius 1 is 1.41 bits per heavy atom. The number of pyridine rings is 1. The molecule has 8 nitrogen and oxygen atoms in total. The molecule has 3 aromatic rings. The number of nitrogens with two attached hydrogens (primary N) is 1. The van der Waals surface area contributed by atoms with E-state index in [1.807, 2.05) is 6.07 Å². The number of benzene rings is 1. The topological polar surface area (TPSA) is 107 Å². The molecule has 2 aromatic heterocycles. The number of imidazole rings is 1. The molecule has 1 fully saturated rings. The van der Waals surface area contributed by atoms with Gasteiger partial charge in [-0.15, -0.1) is 0 Å². The van der Waals surface area contributed by atoms with Crippen molar-refractivity contribution in [2.45, 2.75) is 35.9 Å². The molecule has 4 heterocycles. The number of nitrogen functional groups attached to an aromatic ring is 1. The Hall–Kier alpha value is -2.30. The minimum Gasteiger partial charge on any atom is -0.493 e. The number of fused-ring (bicyclic) bond motifs is 2. The van der Waals surface area contributed by atoms with Gasteiger partial charge in [0.05, 0.1) is 12.1 Å². The summed E-state index contributed by atoms with van der Waals surface area (Å²) in [6.07, 6.45) is 4.49. The molecule has 1 saturated heterocycles. The summed E-state index contributed by atoms with van der Waals surface area (Å²) in [7, 11) is 0. The van der Waals surface area contributed by atoms with Gasteiger partial charge in [0.25, 0.3) is 0 Å². The number of halogens is 1. The number of likely N-dealkylation sites (tertiary alicyclic amines) is 1. The van der Waals surface area contributed by atoms with Gasteiger partial charge < -0.3 is 25.0 Å². The Kier molecular flexibility index (Phi) is 6.00. The number of amides is 1. The summed E-state index contributed by atoms with van der Waals surface area (Å²) in [5.41, 5.74) is 9.00. The molecule has 1 aromatic carbocycles. The summed E-state index contributed by atoms with van der Waals surface area (Å²) >= 11 is 5.28.